The van der Waals surface area contributed by atoms with Gasteiger partial charge in [0, 0.05) is 0 Å². The van der Waals surface area contributed by atoms with Crippen LogP contribution in [0.5, 0.6) is 0 Å². The second-order valence-corrected chi connectivity index (χ2v) is 8.75. The molecule has 1 saturated heterocycles. The summed E-state index contributed by atoms with van der Waals surface area (Å²) in [4.78, 5) is 62.0. The van der Waals surface area contributed by atoms with Crippen molar-refractivity contribution in [2.75, 3.05) is 6.61 Å². The summed E-state index contributed by atoms with van der Waals surface area (Å²) in [7, 11) is -11.2. The summed E-state index contributed by atoms with van der Waals surface area (Å²) < 4.78 is 26.1. The number of hydrogen-bond donors (Lipinski definition) is 8. The molecule has 1 aromatic heterocycles. The molecule has 6 atom stereocenters. The fourth-order valence-corrected chi connectivity index (χ4v) is 4.14. The molecule has 1 aliphatic heterocycles. The van der Waals surface area contributed by atoms with Crippen LogP contribution in [0.4, 0.5) is 0 Å². The van der Waals surface area contributed by atoms with Crippen molar-refractivity contribution in [3.8, 4) is 0 Å². The van der Waals surface area contributed by atoms with E-state index in [0.717, 1.165) is 16.8 Å². The van der Waals surface area contributed by atoms with Crippen molar-refractivity contribution in [1.29, 1.82) is 0 Å². The first-order valence-corrected chi connectivity index (χ1v) is 11.3. The predicted octanol–water partition coefficient (Wildman–Crippen LogP) is -2.54. The molecule has 29 heavy (non-hydrogen) atoms. The second-order valence-electron chi connectivity index (χ2n) is 5.22. The number of nitrogens with one attached hydrogen (secondary N) is 1. The standard InChI is InChI=1S/C9H17N2O15P3/c12-5-1-2-11(9(15)10-5)8-7(14)6(13)4(22-8)3-21-29(19,20)26-28(18)25-24-27(17)23-16/h1-2,4,6-8,13-14,16-20,29H,3H2,(H,10,12,15). The Morgan fingerprint density at radius 3 is 2.45 bits per heavy atom. The SMILES string of the molecule is O=c1ccn(C2OC(CO[PH](O)(O)OP(O)OOP(O)OO)C(O)C2O)c(=O)[nH]1. The van der Waals surface area contributed by atoms with Crippen LogP contribution in [-0.2, 0) is 27.6 Å². The first-order chi connectivity index (χ1) is 13.5. The van der Waals surface area contributed by atoms with Crippen molar-refractivity contribution in [3.63, 3.8) is 0 Å². The van der Waals surface area contributed by atoms with Gasteiger partial charge in [-0.1, -0.05) is 0 Å². The molecule has 0 amide bonds. The van der Waals surface area contributed by atoms with Gasteiger partial charge < -0.3 is 0 Å². The summed E-state index contributed by atoms with van der Waals surface area (Å²) >= 11 is 0. The topological polar surface area (TPSA) is 252 Å². The zero-order valence-electron chi connectivity index (χ0n) is 13.9. The first kappa shape index (κ1) is 24.7. The number of aliphatic hydroxyl groups is 2. The third-order valence-corrected chi connectivity index (χ3v) is 6.11. The van der Waals surface area contributed by atoms with Crippen LogP contribution < -0.4 is 11.2 Å². The average molecular weight is 486 g/mol. The minimum atomic E-state index is -5.08. The number of aliphatic hydroxyl groups excluding tert-OH is 2. The maximum absolute atomic E-state index is 11.8. The van der Waals surface area contributed by atoms with Crippen molar-refractivity contribution >= 4 is 25.4 Å². The third-order valence-electron chi connectivity index (χ3n) is 3.33. The Labute approximate surface area is 162 Å². The van der Waals surface area contributed by atoms with Gasteiger partial charge in [0.1, 0.15) is 0 Å². The van der Waals surface area contributed by atoms with E-state index >= 15 is 0 Å². The molecule has 8 N–H and O–H groups in total. The first-order valence-electron chi connectivity index (χ1n) is 7.29. The van der Waals surface area contributed by atoms with Gasteiger partial charge in [-0.15, -0.1) is 0 Å². The second kappa shape index (κ2) is 10.7. The molecule has 6 unspecified atom stereocenters. The van der Waals surface area contributed by atoms with Crippen LogP contribution in [-0.4, -0.2) is 69.5 Å². The van der Waals surface area contributed by atoms with E-state index < -0.39 is 67.8 Å². The number of ether oxygens (including phenoxy) is 1. The Bertz CT molecular complexity index is 774. The zero-order chi connectivity index (χ0) is 21.8. The summed E-state index contributed by atoms with van der Waals surface area (Å²) in [5.74, 6) is 0. The van der Waals surface area contributed by atoms with E-state index in [1.165, 1.54) is 0 Å². The molecule has 17 nitrogen and oxygen atoms in total. The van der Waals surface area contributed by atoms with E-state index in [1.807, 2.05) is 4.98 Å². The van der Waals surface area contributed by atoms with Gasteiger partial charge in [-0.25, -0.2) is 0 Å². The Kier molecular flexibility index (Phi) is 9.08. The summed E-state index contributed by atoms with van der Waals surface area (Å²) in [6.45, 7) is -0.775. The molecular weight excluding hydrogens is 469 g/mol. The molecule has 20 heteroatoms. The van der Waals surface area contributed by atoms with E-state index in [9.17, 15) is 34.5 Å². The van der Waals surface area contributed by atoms with Crippen molar-refractivity contribution in [2.24, 2.45) is 0 Å². The summed E-state index contributed by atoms with van der Waals surface area (Å²) in [5, 5.41) is 28.1. The molecule has 1 fully saturated rings. The number of aromatic amines is 1. The van der Waals surface area contributed by atoms with E-state index in [1.54, 1.807) is 0 Å². The third kappa shape index (κ3) is 6.99. The zero-order valence-corrected chi connectivity index (χ0v) is 16.7. The molecule has 0 bridgehead atoms. The number of nitrogens with zero attached hydrogens (tertiary/aromatic N) is 1. The molecule has 2 heterocycles. The Morgan fingerprint density at radius 1 is 1.17 bits per heavy atom. The van der Waals surface area contributed by atoms with Crippen LogP contribution >= 0.6 is 25.4 Å². The Balaban J connectivity index is 1.92. The minimum absolute atomic E-state index is 0.696. The monoisotopic (exact) mass is 486 g/mol. The predicted molar refractivity (Wildman–Crippen MR) is 91.2 cm³/mol. The van der Waals surface area contributed by atoms with Crippen LogP contribution in [0, 0.1) is 0 Å². The molecular formula is C9H17N2O15P3. The van der Waals surface area contributed by atoms with Crippen molar-refractivity contribution in [1.82, 2.24) is 9.55 Å². The summed E-state index contributed by atoms with van der Waals surface area (Å²) in [5.41, 5.74) is -1.62. The quantitative estimate of drug-likeness (QED) is 0.0963. The Hall–Kier alpha value is -0.550. The molecule has 1 aromatic rings. The van der Waals surface area contributed by atoms with Gasteiger partial charge in [0.05, 0.1) is 0 Å². The van der Waals surface area contributed by atoms with Crippen molar-refractivity contribution in [3.05, 3.63) is 33.1 Å². The molecule has 0 saturated carbocycles. The van der Waals surface area contributed by atoms with Crippen LogP contribution in [0.25, 0.3) is 0 Å². The molecule has 0 aliphatic carbocycles. The number of hydrogen-bond acceptors (Lipinski definition) is 15. The number of rotatable bonds is 10. The van der Waals surface area contributed by atoms with Gasteiger partial charge in [0.15, 0.2) is 0 Å². The molecule has 0 spiro atoms. The molecule has 2 rings (SSSR count). The van der Waals surface area contributed by atoms with Crippen LogP contribution in [0.3, 0.4) is 0 Å². The Morgan fingerprint density at radius 2 is 1.83 bits per heavy atom. The van der Waals surface area contributed by atoms with E-state index in [2.05, 4.69) is 22.9 Å². The molecule has 0 aromatic carbocycles. The van der Waals surface area contributed by atoms with Gasteiger partial charge in [0.2, 0.25) is 0 Å². The van der Waals surface area contributed by atoms with E-state index in [0.29, 0.717) is 0 Å². The maximum atomic E-state index is 11.8. The van der Waals surface area contributed by atoms with Crippen LogP contribution in [0.2, 0.25) is 0 Å². The van der Waals surface area contributed by atoms with E-state index in [-0.39, 0.29) is 0 Å². The van der Waals surface area contributed by atoms with Gasteiger partial charge in [-0.2, -0.15) is 0 Å². The van der Waals surface area contributed by atoms with Gasteiger partial charge in [-0.3, -0.25) is 0 Å². The summed E-state index contributed by atoms with van der Waals surface area (Å²) in [6, 6.07) is 0.979. The fraction of sp³-hybridized carbons (Fsp3) is 0.556. The normalized spacial score (nSPS) is 27.7. The fourth-order valence-electron chi connectivity index (χ4n) is 2.13. The van der Waals surface area contributed by atoms with Crippen LogP contribution in [0.1, 0.15) is 6.23 Å². The number of aromatic nitrogens is 2. The number of H-pyrrole nitrogens is 1. The van der Waals surface area contributed by atoms with Gasteiger partial charge >= 0.3 is 162 Å². The molecule has 168 valence electrons. The molecule has 0 radical (unpaired) electrons. The summed E-state index contributed by atoms with van der Waals surface area (Å²) in [6.07, 6.45) is -5.06. The van der Waals surface area contributed by atoms with Crippen molar-refractivity contribution < 1.29 is 62.6 Å². The van der Waals surface area contributed by atoms with Gasteiger partial charge in [0.25, 0.3) is 0 Å². The van der Waals surface area contributed by atoms with Crippen molar-refractivity contribution in [2.45, 2.75) is 24.5 Å². The van der Waals surface area contributed by atoms with E-state index in [4.69, 9.17) is 14.9 Å². The van der Waals surface area contributed by atoms with Crippen LogP contribution in [0.15, 0.2) is 21.9 Å². The molecule has 1 aliphatic rings. The average Bonchev–Trinajstić information content (AvgIpc) is 2.92. The van der Waals surface area contributed by atoms with Gasteiger partial charge in [-0.05, 0) is 0 Å².